The zero-order chi connectivity index (χ0) is 29.8. The van der Waals surface area contributed by atoms with E-state index in [4.69, 9.17) is 18.9 Å². The van der Waals surface area contributed by atoms with E-state index in [1.54, 1.807) is 91.0 Å². The predicted molar refractivity (Wildman–Crippen MR) is 150 cm³/mol. The van der Waals surface area contributed by atoms with Gasteiger partial charge in [0.25, 0.3) is 5.56 Å². The molecule has 0 bridgehead atoms. The minimum atomic E-state index is -1.29. The number of nitrogens with one attached hydrogen (secondary N) is 1. The molecule has 43 heavy (non-hydrogen) atoms. The van der Waals surface area contributed by atoms with Crippen molar-refractivity contribution in [3.8, 4) is 0 Å². The van der Waals surface area contributed by atoms with Gasteiger partial charge in [-0.3, -0.25) is 9.36 Å². The molecule has 12 nitrogen and oxygen atoms in total. The van der Waals surface area contributed by atoms with E-state index in [0.29, 0.717) is 5.56 Å². The van der Waals surface area contributed by atoms with Gasteiger partial charge in [0.15, 0.2) is 29.6 Å². The van der Waals surface area contributed by atoms with Crippen molar-refractivity contribution in [3.05, 3.63) is 131 Å². The van der Waals surface area contributed by atoms with E-state index in [0.717, 1.165) is 0 Å². The molecule has 0 radical (unpaired) electrons. The Morgan fingerprint density at radius 3 is 1.86 bits per heavy atom. The van der Waals surface area contributed by atoms with Gasteiger partial charge < -0.3 is 23.9 Å². The molecule has 12 heteroatoms. The summed E-state index contributed by atoms with van der Waals surface area (Å²) in [5.74, 6) is -2.07. The summed E-state index contributed by atoms with van der Waals surface area (Å²) in [4.78, 5) is 62.9. The fourth-order valence-corrected chi connectivity index (χ4v) is 4.76. The smallest absolute Gasteiger partial charge is 0.338 e. The maximum absolute atomic E-state index is 13.3. The number of hydrogen-bond acceptors (Lipinski definition) is 10. The van der Waals surface area contributed by atoms with Crippen molar-refractivity contribution in [2.75, 3.05) is 6.61 Å². The van der Waals surface area contributed by atoms with Crippen molar-refractivity contribution in [2.24, 2.45) is 0 Å². The van der Waals surface area contributed by atoms with E-state index in [9.17, 15) is 19.2 Å². The minimum Gasteiger partial charge on any atom is -0.459 e. The Bertz CT molecular complexity index is 1810. The molecule has 0 aliphatic carbocycles. The van der Waals surface area contributed by atoms with Crippen LogP contribution in [0.4, 0.5) is 0 Å². The highest BCUT2D eigenvalue weighted by Gasteiger charge is 2.52. The average Bonchev–Trinajstić information content (AvgIpc) is 3.63. The van der Waals surface area contributed by atoms with E-state index >= 15 is 0 Å². The minimum absolute atomic E-state index is 0.0447. The summed E-state index contributed by atoms with van der Waals surface area (Å²) in [6.45, 7) is -0.364. The van der Waals surface area contributed by atoms with Crippen LogP contribution in [0.3, 0.4) is 0 Å². The lowest BCUT2D eigenvalue weighted by atomic mass is 10.1. The molecule has 1 aliphatic heterocycles. The van der Waals surface area contributed by atoms with Crippen molar-refractivity contribution in [3.63, 3.8) is 0 Å². The van der Waals surface area contributed by atoms with Crippen LogP contribution in [0.25, 0.3) is 11.2 Å². The van der Waals surface area contributed by atoms with Gasteiger partial charge in [-0.2, -0.15) is 0 Å². The maximum atomic E-state index is 13.3. The highest BCUT2D eigenvalue weighted by molar-refractivity contribution is 5.91. The summed E-state index contributed by atoms with van der Waals surface area (Å²) in [6, 6.07) is 24.8. The van der Waals surface area contributed by atoms with Gasteiger partial charge in [0.2, 0.25) is 0 Å². The summed E-state index contributed by atoms with van der Waals surface area (Å²) in [6.07, 6.45) is -2.35. The van der Waals surface area contributed by atoms with E-state index in [-0.39, 0.29) is 28.9 Å². The number of imidazole rings is 1. The molecule has 4 atom stereocenters. The van der Waals surface area contributed by atoms with Crippen LogP contribution in [-0.2, 0) is 18.9 Å². The highest BCUT2D eigenvalue weighted by Crippen LogP contribution is 2.36. The van der Waals surface area contributed by atoms with Crippen LogP contribution in [-0.4, -0.2) is 62.3 Å². The Kier molecular flexibility index (Phi) is 7.74. The van der Waals surface area contributed by atoms with Crippen LogP contribution < -0.4 is 5.56 Å². The van der Waals surface area contributed by atoms with Crippen LogP contribution in [0.1, 0.15) is 37.3 Å². The van der Waals surface area contributed by atoms with Gasteiger partial charge in [-0.05, 0) is 36.4 Å². The average molecular weight is 581 g/mol. The molecule has 3 aromatic carbocycles. The van der Waals surface area contributed by atoms with E-state index in [1.807, 2.05) is 0 Å². The van der Waals surface area contributed by atoms with Gasteiger partial charge >= 0.3 is 17.9 Å². The zero-order valence-electron chi connectivity index (χ0n) is 22.4. The number of esters is 3. The molecule has 2 aromatic heterocycles. The largest absolute Gasteiger partial charge is 0.459 e. The summed E-state index contributed by atoms with van der Waals surface area (Å²) >= 11 is 0. The molecule has 6 rings (SSSR count). The van der Waals surface area contributed by atoms with Gasteiger partial charge in [-0.15, -0.1) is 0 Å². The second-order valence-electron chi connectivity index (χ2n) is 9.56. The normalized spacial score (nSPS) is 19.5. The summed E-state index contributed by atoms with van der Waals surface area (Å²) in [5, 5.41) is 0. The number of fused-ring (bicyclic) bond motifs is 1. The molecule has 1 fully saturated rings. The van der Waals surface area contributed by atoms with E-state index < -0.39 is 48.0 Å². The van der Waals surface area contributed by atoms with Gasteiger partial charge in [-0.1, -0.05) is 54.6 Å². The topological polar surface area (TPSA) is 152 Å². The standard InChI is InChI=1S/C31H24N4O8/c36-27-23-26(32-17-33-27)34-18-35(23)28-25(43-31(39)21-14-8-3-9-15-21)24(42-30(38)20-12-6-2-7-13-20)22(41-28)16-40-29(37)19-10-4-1-5-11-19/h1-15,17-18,22,24-25,28H,16H2,(H,32,33,36)/t22-,24-,25-,28?/m1/s1. The van der Waals surface area contributed by atoms with E-state index in [2.05, 4.69) is 15.0 Å². The van der Waals surface area contributed by atoms with Gasteiger partial charge in [0.05, 0.1) is 23.0 Å². The van der Waals surface area contributed by atoms with Crippen molar-refractivity contribution in [1.29, 1.82) is 0 Å². The number of hydrogen-bond donors (Lipinski definition) is 1. The van der Waals surface area contributed by atoms with Crippen LogP contribution in [0.2, 0.25) is 0 Å². The van der Waals surface area contributed by atoms with Gasteiger partial charge in [-0.25, -0.2) is 24.4 Å². The fraction of sp³-hybridized carbons (Fsp3) is 0.161. The fourth-order valence-electron chi connectivity index (χ4n) is 4.76. The molecule has 1 aliphatic rings. The first-order valence-corrected chi connectivity index (χ1v) is 13.3. The second-order valence-corrected chi connectivity index (χ2v) is 9.56. The quantitative estimate of drug-likeness (QED) is 0.214. The first kappa shape index (κ1) is 27.5. The zero-order valence-corrected chi connectivity index (χ0v) is 22.4. The van der Waals surface area contributed by atoms with Crippen LogP contribution in [0.15, 0.2) is 108 Å². The molecule has 5 aromatic rings. The molecule has 1 unspecified atom stereocenters. The molecular formula is C31H24N4O8. The van der Waals surface area contributed by atoms with Crippen LogP contribution in [0.5, 0.6) is 0 Å². The van der Waals surface area contributed by atoms with Gasteiger partial charge in [0.1, 0.15) is 19.0 Å². The number of H-pyrrole nitrogens is 1. The molecule has 1 saturated heterocycles. The number of carbonyl (C=O) groups excluding carboxylic acids is 3. The van der Waals surface area contributed by atoms with Crippen LogP contribution >= 0.6 is 0 Å². The number of benzene rings is 3. The lowest BCUT2D eigenvalue weighted by molar-refractivity contribution is -0.0605. The Labute approximate surface area is 243 Å². The third-order valence-electron chi connectivity index (χ3n) is 6.83. The number of ether oxygens (including phenoxy) is 4. The number of nitrogens with zero attached hydrogens (tertiary/aromatic N) is 3. The van der Waals surface area contributed by atoms with Crippen molar-refractivity contribution in [1.82, 2.24) is 19.5 Å². The summed E-state index contributed by atoms with van der Waals surface area (Å²) in [7, 11) is 0. The summed E-state index contributed by atoms with van der Waals surface area (Å²) < 4.78 is 25.0. The summed E-state index contributed by atoms with van der Waals surface area (Å²) in [5.41, 5.74) is 0.438. The monoisotopic (exact) mass is 580 g/mol. The third kappa shape index (κ3) is 5.76. The van der Waals surface area contributed by atoms with Crippen LogP contribution in [0, 0.1) is 0 Å². The first-order chi connectivity index (χ1) is 21.0. The maximum Gasteiger partial charge on any atom is 0.338 e. The molecule has 0 saturated carbocycles. The SMILES string of the molecule is O=C(OC[C@H]1OC(n2cnc3nc[nH]c(=O)c32)[C@H](OC(=O)c2ccccc2)[C@@H]1OC(=O)c1ccccc1)c1ccccc1. The molecule has 1 N–H and O–H groups in total. The second kappa shape index (κ2) is 12.1. The number of aromatic nitrogens is 4. The predicted octanol–water partition coefficient (Wildman–Crippen LogP) is 3.33. The first-order valence-electron chi connectivity index (χ1n) is 13.3. The molecule has 0 amide bonds. The molecule has 0 spiro atoms. The molecular weight excluding hydrogens is 556 g/mol. The lowest BCUT2D eigenvalue weighted by Gasteiger charge is -2.25. The molecule has 216 valence electrons. The van der Waals surface area contributed by atoms with Crippen molar-refractivity contribution < 1.29 is 33.3 Å². The lowest BCUT2D eigenvalue weighted by Crippen LogP contribution is -2.41. The van der Waals surface area contributed by atoms with Crippen molar-refractivity contribution in [2.45, 2.75) is 24.5 Å². The van der Waals surface area contributed by atoms with Gasteiger partial charge in [0, 0.05) is 0 Å². The number of carbonyl (C=O) groups is 3. The Morgan fingerprint density at radius 1 is 0.744 bits per heavy atom. The van der Waals surface area contributed by atoms with Crippen molar-refractivity contribution >= 4 is 29.1 Å². The Hall–Kier alpha value is -5.62. The molecule has 3 heterocycles. The Morgan fingerprint density at radius 2 is 1.28 bits per heavy atom. The number of aromatic amines is 1. The van der Waals surface area contributed by atoms with E-state index in [1.165, 1.54) is 17.2 Å². The third-order valence-corrected chi connectivity index (χ3v) is 6.83. The Balaban J connectivity index is 1.38. The highest BCUT2D eigenvalue weighted by atomic mass is 16.7. The number of rotatable bonds is 8.